The second-order valence-corrected chi connectivity index (χ2v) is 3.31. The van der Waals surface area contributed by atoms with Gasteiger partial charge >= 0.3 is 0 Å². The van der Waals surface area contributed by atoms with E-state index in [-0.39, 0.29) is 0 Å². The van der Waals surface area contributed by atoms with Crippen LogP contribution in [0.3, 0.4) is 0 Å². The highest BCUT2D eigenvalue weighted by Gasteiger charge is 2.10. The summed E-state index contributed by atoms with van der Waals surface area (Å²) < 4.78 is 10.5. The molecule has 0 aliphatic rings. The minimum atomic E-state index is 0.591. The standard InChI is InChI=1S/C13H11NO2/c1-15-11-7-6-9(8-14)13-10(11)4-3-5-12(13)16-2/h3-7H,1-2H3. The molecule has 0 atom stereocenters. The van der Waals surface area contributed by atoms with Crippen LogP contribution in [0.5, 0.6) is 11.5 Å². The van der Waals surface area contributed by atoms with Crippen LogP contribution in [-0.2, 0) is 0 Å². The predicted octanol–water partition coefficient (Wildman–Crippen LogP) is 2.73. The summed E-state index contributed by atoms with van der Waals surface area (Å²) in [4.78, 5) is 0. The molecule has 2 rings (SSSR count). The molecule has 0 bridgehead atoms. The lowest BCUT2D eigenvalue weighted by Gasteiger charge is -2.10. The molecule has 0 spiro atoms. The smallest absolute Gasteiger partial charge is 0.128 e. The van der Waals surface area contributed by atoms with Gasteiger partial charge in [-0.05, 0) is 18.2 Å². The molecule has 0 saturated carbocycles. The number of benzene rings is 2. The van der Waals surface area contributed by atoms with Crippen molar-refractivity contribution in [2.45, 2.75) is 0 Å². The first-order valence-electron chi connectivity index (χ1n) is 4.85. The second-order valence-electron chi connectivity index (χ2n) is 3.31. The van der Waals surface area contributed by atoms with Crippen molar-refractivity contribution in [3.05, 3.63) is 35.9 Å². The number of fused-ring (bicyclic) bond motifs is 1. The van der Waals surface area contributed by atoms with Gasteiger partial charge in [-0.15, -0.1) is 0 Å². The monoisotopic (exact) mass is 213 g/mol. The van der Waals surface area contributed by atoms with Crippen LogP contribution < -0.4 is 9.47 Å². The number of nitrogens with zero attached hydrogens (tertiary/aromatic N) is 1. The van der Waals surface area contributed by atoms with Crippen LogP contribution >= 0.6 is 0 Å². The van der Waals surface area contributed by atoms with Crippen molar-refractivity contribution < 1.29 is 9.47 Å². The van der Waals surface area contributed by atoms with E-state index in [4.69, 9.17) is 14.7 Å². The van der Waals surface area contributed by atoms with Crippen molar-refractivity contribution in [2.75, 3.05) is 14.2 Å². The fourth-order valence-electron chi connectivity index (χ4n) is 1.79. The van der Waals surface area contributed by atoms with E-state index in [9.17, 15) is 0 Å². The van der Waals surface area contributed by atoms with Crippen molar-refractivity contribution >= 4 is 10.8 Å². The Morgan fingerprint density at radius 2 is 1.75 bits per heavy atom. The van der Waals surface area contributed by atoms with Crippen molar-refractivity contribution in [2.24, 2.45) is 0 Å². The van der Waals surface area contributed by atoms with Gasteiger partial charge in [-0.2, -0.15) is 5.26 Å². The van der Waals surface area contributed by atoms with Crippen LogP contribution in [0.4, 0.5) is 0 Å². The van der Waals surface area contributed by atoms with Gasteiger partial charge in [0, 0.05) is 10.8 Å². The van der Waals surface area contributed by atoms with Crippen LogP contribution in [0.25, 0.3) is 10.8 Å². The fraction of sp³-hybridized carbons (Fsp3) is 0.154. The molecule has 0 unspecified atom stereocenters. The molecule has 0 aromatic heterocycles. The zero-order chi connectivity index (χ0) is 11.5. The lowest BCUT2D eigenvalue weighted by molar-refractivity contribution is 0.415. The third kappa shape index (κ3) is 1.45. The zero-order valence-corrected chi connectivity index (χ0v) is 9.15. The quantitative estimate of drug-likeness (QED) is 0.770. The maximum atomic E-state index is 9.07. The molecular weight excluding hydrogens is 202 g/mol. The number of hydrogen-bond donors (Lipinski definition) is 0. The summed E-state index contributed by atoms with van der Waals surface area (Å²) in [6, 6.07) is 11.3. The van der Waals surface area contributed by atoms with Gasteiger partial charge in [-0.1, -0.05) is 12.1 Å². The molecule has 0 heterocycles. The van der Waals surface area contributed by atoms with Gasteiger partial charge in [0.25, 0.3) is 0 Å². The molecule has 0 amide bonds. The Morgan fingerprint density at radius 1 is 1.00 bits per heavy atom. The van der Waals surface area contributed by atoms with E-state index in [1.165, 1.54) is 0 Å². The first-order valence-corrected chi connectivity index (χ1v) is 4.85. The van der Waals surface area contributed by atoms with Crippen LogP contribution in [0, 0.1) is 11.3 Å². The maximum absolute atomic E-state index is 9.07. The number of rotatable bonds is 2. The SMILES string of the molecule is COc1ccc(C#N)c2c(OC)cccc12. The Hall–Kier alpha value is -2.21. The van der Waals surface area contributed by atoms with Gasteiger partial charge in [-0.3, -0.25) is 0 Å². The first-order chi connectivity index (χ1) is 7.81. The highest BCUT2D eigenvalue weighted by atomic mass is 16.5. The number of ether oxygens (including phenoxy) is 2. The van der Waals surface area contributed by atoms with Gasteiger partial charge in [-0.25, -0.2) is 0 Å². The normalized spacial score (nSPS) is 9.81. The fourth-order valence-corrected chi connectivity index (χ4v) is 1.79. The third-order valence-corrected chi connectivity index (χ3v) is 2.52. The molecule has 80 valence electrons. The molecule has 0 fully saturated rings. The van der Waals surface area contributed by atoms with E-state index in [2.05, 4.69) is 6.07 Å². The summed E-state index contributed by atoms with van der Waals surface area (Å²) in [6.45, 7) is 0. The summed E-state index contributed by atoms with van der Waals surface area (Å²) in [5.41, 5.74) is 0.591. The molecule has 0 aliphatic heterocycles. The maximum Gasteiger partial charge on any atom is 0.128 e. The predicted molar refractivity (Wildman–Crippen MR) is 61.8 cm³/mol. The number of nitriles is 1. The summed E-state index contributed by atoms with van der Waals surface area (Å²) in [6.07, 6.45) is 0. The van der Waals surface area contributed by atoms with Crippen molar-refractivity contribution in [3.8, 4) is 17.6 Å². The van der Waals surface area contributed by atoms with Crippen molar-refractivity contribution in [1.82, 2.24) is 0 Å². The van der Waals surface area contributed by atoms with Crippen LogP contribution in [-0.4, -0.2) is 14.2 Å². The summed E-state index contributed by atoms with van der Waals surface area (Å²) in [5.74, 6) is 1.43. The van der Waals surface area contributed by atoms with Crippen molar-refractivity contribution in [1.29, 1.82) is 5.26 Å². The van der Waals surface area contributed by atoms with Gasteiger partial charge in [0.1, 0.15) is 11.5 Å². The Morgan fingerprint density at radius 3 is 2.38 bits per heavy atom. The van der Waals surface area contributed by atoms with Gasteiger partial charge in [0.15, 0.2) is 0 Å². The summed E-state index contributed by atoms with van der Waals surface area (Å²) >= 11 is 0. The minimum Gasteiger partial charge on any atom is -0.496 e. The molecule has 0 radical (unpaired) electrons. The lowest BCUT2D eigenvalue weighted by atomic mass is 10.0. The lowest BCUT2D eigenvalue weighted by Crippen LogP contribution is -1.91. The van der Waals surface area contributed by atoms with Crippen molar-refractivity contribution in [3.63, 3.8) is 0 Å². The van der Waals surface area contributed by atoms with E-state index in [0.29, 0.717) is 11.3 Å². The Balaban J connectivity index is 2.91. The number of methoxy groups -OCH3 is 2. The minimum absolute atomic E-state index is 0.591. The average molecular weight is 213 g/mol. The van der Waals surface area contributed by atoms with Gasteiger partial charge in [0.2, 0.25) is 0 Å². The third-order valence-electron chi connectivity index (χ3n) is 2.52. The number of hydrogen-bond acceptors (Lipinski definition) is 3. The van der Waals surface area contributed by atoms with E-state index in [1.54, 1.807) is 26.4 Å². The molecule has 0 N–H and O–H groups in total. The summed E-state index contributed by atoms with van der Waals surface area (Å²) in [5, 5.41) is 10.8. The Labute approximate surface area is 93.8 Å². The molecule has 16 heavy (non-hydrogen) atoms. The molecule has 0 saturated heterocycles. The largest absolute Gasteiger partial charge is 0.496 e. The average Bonchev–Trinajstić information content (AvgIpc) is 2.36. The topological polar surface area (TPSA) is 42.2 Å². The zero-order valence-electron chi connectivity index (χ0n) is 9.15. The van der Waals surface area contributed by atoms with Crippen LogP contribution in [0.2, 0.25) is 0 Å². The highest BCUT2D eigenvalue weighted by molar-refractivity contribution is 5.97. The van der Waals surface area contributed by atoms with E-state index in [1.807, 2.05) is 18.2 Å². The molecule has 3 nitrogen and oxygen atoms in total. The first kappa shape index (κ1) is 10.3. The molecule has 3 heteroatoms. The molecule has 2 aromatic carbocycles. The van der Waals surface area contributed by atoms with E-state index < -0.39 is 0 Å². The highest BCUT2D eigenvalue weighted by Crippen LogP contribution is 2.34. The Bertz CT molecular complexity index is 570. The van der Waals surface area contributed by atoms with E-state index in [0.717, 1.165) is 16.5 Å². The van der Waals surface area contributed by atoms with Gasteiger partial charge < -0.3 is 9.47 Å². The molecular formula is C13H11NO2. The Kier molecular flexibility index (Phi) is 2.65. The molecule has 2 aromatic rings. The summed E-state index contributed by atoms with van der Waals surface area (Å²) in [7, 11) is 3.20. The van der Waals surface area contributed by atoms with Gasteiger partial charge in [0.05, 0.1) is 25.9 Å². The van der Waals surface area contributed by atoms with Crippen LogP contribution in [0.1, 0.15) is 5.56 Å². The van der Waals surface area contributed by atoms with E-state index >= 15 is 0 Å². The molecule has 0 aliphatic carbocycles. The second kappa shape index (κ2) is 4.11. The van der Waals surface area contributed by atoms with Crippen LogP contribution in [0.15, 0.2) is 30.3 Å².